The van der Waals surface area contributed by atoms with Gasteiger partial charge in [0.25, 0.3) is 5.69 Å². The minimum Gasteiger partial charge on any atom is -0.392 e. The summed E-state index contributed by atoms with van der Waals surface area (Å²) in [4.78, 5) is 12.3. The molecule has 5 nitrogen and oxygen atoms in total. The minimum absolute atomic E-state index is 0.130. The number of aliphatic hydroxyl groups is 1. The molecular formula is C12H16N2O3. The first kappa shape index (κ1) is 12.0. The molecule has 0 saturated carbocycles. The van der Waals surface area contributed by atoms with Crippen molar-refractivity contribution in [1.82, 2.24) is 4.90 Å². The molecule has 0 radical (unpaired) electrons. The summed E-state index contributed by atoms with van der Waals surface area (Å²) in [6.45, 7) is 2.58. The van der Waals surface area contributed by atoms with E-state index in [-0.39, 0.29) is 16.7 Å². The molecule has 1 aromatic rings. The van der Waals surface area contributed by atoms with Crippen LogP contribution in [-0.4, -0.2) is 40.7 Å². The SMILES string of the molecule is O=[N+]([O-])c1ccc(CCN2CC[C@H](O)C2)cc1. The van der Waals surface area contributed by atoms with Gasteiger partial charge >= 0.3 is 0 Å². The van der Waals surface area contributed by atoms with Crippen molar-refractivity contribution in [3.05, 3.63) is 39.9 Å². The second-order valence-electron chi connectivity index (χ2n) is 4.42. The van der Waals surface area contributed by atoms with Crippen molar-refractivity contribution in [3.63, 3.8) is 0 Å². The van der Waals surface area contributed by atoms with Crippen molar-refractivity contribution in [1.29, 1.82) is 0 Å². The summed E-state index contributed by atoms with van der Waals surface area (Å²) < 4.78 is 0. The van der Waals surface area contributed by atoms with Gasteiger partial charge in [-0.3, -0.25) is 10.1 Å². The van der Waals surface area contributed by atoms with Gasteiger partial charge in [-0.05, 0) is 18.4 Å². The molecule has 1 fully saturated rings. The van der Waals surface area contributed by atoms with Gasteiger partial charge in [0.05, 0.1) is 11.0 Å². The normalized spacial score (nSPS) is 20.6. The summed E-state index contributed by atoms with van der Waals surface area (Å²) >= 11 is 0. The Labute approximate surface area is 99.8 Å². The molecule has 0 spiro atoms. The van der Waals surface area contributed by atoms with Gasteiger partial charge in [0.1, 0.15) is 0 Å². The third-order valence-electron chi connectivity index (χ3n) is 3.11. The van der Waals surface area contributed by atoms with Gasteiger partial charge in [-0.2, -0.15) is 0 Å². The summed E-state index contributed by atoms with van der Waals surface area (Å²) in [5.74, 6) is 0. The average molecular weight is 236 g/mol. The fourth-order valence-corrected chi connectivity index (χ4v) is 2.09. The lowest BCUT2D eigenvalue weighted by molar-refractivity contribution is -0.384. The lowest BCUT2D eigenvalue weighted by atomic mass is 10.1. The van der Waals surface area contributed by atoms with Crippen LogP contribution in [0.4, 0.5) is 5.69 Å². The third kappa shape index (κ3) is 3.25. The Morgan fingerprint density at radius 2 is 2.12 bits per heavy atom. The fraction of sp³-hybridized carbons (Fsp3) is 0.500. The highest BCUT2D eigenvalue weighted by atomic mass is 16.6. The Balaban J connectivity index is 1.85. The molecule has 1 aromatic carbocycles. The van der Waals surface area contributed by atoms with Crippen LogP contribution in [0.1, 0.15) is 12.0 Å². The smallest absolute Gasteiger partial charge is 0.269 e. The number of β-amino-alcohol motifs (C(OH)–C–C–N with tert-alkyl or cyclic N) is 1. The van der Waals surface area contributed by atoms with Crippen LogP contribution in [0.2, 0.25) is 0 Å². The van der Waals surface area contributed by atoms with Crippen LogP contribution in [0, 0.1) is 10.1 Å². The molecule has 0 aromatic heterocycles. The first-order valence-electron chi connectivity index (χ1n) is 5.79. The summed E-state index contributed by atoms with van der Waals surface area (Å²) in [5.41, 5.74) is 1.22. The molecule has 0 unspecified atom stereocenters. The zero-order valence-corrected chi connectivity index (χ0v) is 9.58. The lowest BCUT2D eigenvalue weighted by Crippen LogP contribution is -2.24. The second-order valence-corrected chi connectivity index (χ2v) is 4.42. The molecule has 1 aliphatic heterocycles. The molecule has 1 heterocycles. The molecule has 92 valence electrons. The number of aliphatic hydroxyl groups excluding tert-OH is 1. The third-order valence-corrected chi connectivity index (χ3v) is 3.11. The fourth-order valence-electron chi connectivity index (χ4n) is 2.09. The van der Waals surface area contributed by atoms with Crippen molar-refractivity contribution in [2.75, 3.05) is 19.6 Å². The van der Waals surface area contributed by atoms with Gasteiger partial charge in [-0.1, -0.05) is 12.1 Å². The van der Waals surface area contributed by atoms with Crippen LogP contribution in [0.25, 0.3) is 0 Å². The largest absolute Gasteiger partial charge is 0.392 e. The van der Waals surface area contributed by atoms with E-state index in [1.54, 1.807) is 12.1 Å². The maximum absolute atomic E-state index is 10.5. The van der Waals surface area contributed by atoms with Gasteiger partial charge in [0.2, 0.25) is 0 Å². The van der Waals surface area contributed by atoms with Crippen LogP contribution in [0.15, 0.2) is 24.3 Å². The van der Waals surface area contributed by atoms with Crippen LogP contribution in [0.5, 0.6) is 0 Å². The Morgan fingerprint density at radius 1 is 1.41 bits per heavy atom. The summed E-state index contributed by atoms with van der Waals surface area (Å²) in [6, 6.07) is 6.66. The molecule has 2 rings (SSSR count). The predicted octanol–water partition coefficient (Wildman–Crippen LogP) is 1.20. The van der Waals surface area contributed by atoms with E-state index >= 15 is 0 Å². The maximum Gasteiger partial charge on any atom is 0.269 e. The van der Waals surface area contributed by atoms with Crippen molar-refractivity contribution in [2.45, 2.75) is 18.9 Å². The molecule has 1 N–H and O–H groups in total. The molecule has 0 aliphatic carbocycles. The summed E-state index contributed by atoms with van der Waals surface area (Å²) in [6.07, 6.45) is 1.53. The first-order chi connectivity index (χ1) is 8.15. The molecule has 17 heavy (non-hydrogen) atoms. The highest BCUT2D eigenvalue weighted by molar-refractivity contribution is 5.32. The summed E-state index contributed by atoms with van der Waals surface area (Å²) in [7, 11) is 0. The number of likely N-dealkylation sites (tertiary alicyclic amines) is 1. The van der Waals surface area contributed by atoms with Gasteiger partial charge in [0, 0.05) is 31.8 Å². The molecule has 0 amide bonds. The number of non-ortho nitro benzene ring substituents is 1. The number of nitro groups is 1. The number of nitro benzene ring substituents is 1. The maximum atomic E-state index is 10.5. The Hall–Kier alpha value is -1.46. The molecule has 1 aliphatic rings. The number of hydrogen-bond donors (Lipinski definition) is 1. The Kier molecular flexibility index (Phi) is 3.71. The van der Waals surface area contributed by atoms with Crippen LogP contribution in [0.3, 0.4) is 0 Å². The highest BCUT2D eigenvalue weighted by Gasteiger charge is 2.19. The van der Waals surface area contributed by atoms with Crippen molar-refractivity contribution < 1.29 is 10.0 Å². The summed E-state index contributed by atoms with van der Waals surface area (Å²) in [5, 5.41) is 19.9. The average Bonchev–Trinajstić information content (AvgIpc) is 2.73. The monoisotopic (exact) mass is 236 g/mol. The van der Waals surface area contributed by atoms with Crippen molar-refractivity contribution >= 4 is 5.69 Å². The number of rotatable bonds is 4. The number of hydrogen-bond acceptors (Lipinski definition) is 4. The van der Waals surface area contributed by atoms with Gasteiger partial charge in [-0.25, -0.2) is 0 Å². The number of benzene rings is 1. The van der Waals surface area contributed by atoms with Gasteiger partial charge in [-0.15, -0.1) is 0 Å². The van der Waals surface area contributed by atoms with Gasteiger partial charge in [0.15, 0.2) is 0 Å². The minimum atomic E-state index is -0.388. The van der Waals surface area contributed by atoms with Crippen molar-refractivity contribution in [3.8, 4) is 0 Å². The van der Waals surface area contributed by atoms with Crippen LogP contribution >= 0.6 is 0 Å². The predicted molar refractivity (Wildman–Crippen MR) is 63.9 cm³/mol. The van der Waals surface area contributed by atoms with E-state index in [0.717, 1.165) is 38.0 Å². The standard InChI is InChI=1S/C12H16N2O3/c15-12-6-8-13(9-12)7-5-10-1-3-11(4-2-10)14(16)17/h1-4,12,15H,5-9H2/t12-/m0/s1. The lowest BCUT2D eigenvalue weighted by Gasteiger charge is -2.14. The highest BCUT2D eigenvalue weighted by Crippen LogP contribution is 2.14. The van der Waals surface area contributed by atoms with E-state index in [0.29, 0.717) is 0 Å². The van der Waals surface area contributed by atoms with E-state index in [4.69, 9.17) is 0 Å². The van der Waals surface area contributed by atoms with Gasteiger partial charge < -0.3 is 10.0 Å². The van der Waals surface area contributed by atoms with Crippen LogP contribution < -0.4 is 0 Å². The molecule has 5 heteroatoms. The second kappa shape index (κ2) is 5.25. The van der Waals surface area contributed by atoms with E-state index in [1.807, 2.05) is 0 Å². The molecule has 1 saturated heterocycles. The van der Waals surface area contributed by atoms with Crippen LogP contribution in [-0.2, 0) is 6.42 Å². The van der Waals surface area contributed by atoms with E-state index in [1.165, 1.54) is 12.1 Å². The molecule has 0 bridgehead atoms. The zero-order chi connectivity index (χ0) is 12.3. The van der Waals surface area contributed by atoms with Crippen molar-refractivity contribution in [2.24, 2.45) is 0 Å². The van der Waals surface area contributed by atoms with E-state index in [9.17, 15) is 15.2 Å². The zero-order valence-electron chi connectivity index (χ0n) is 9.58. The van der Waals surface area contributed by atoms with E-state index in [2.05, 4.69) is 4.90 Å². The first-order valence-corrected chi connectivity index (χ1v) is 5.79. The molecule has 1 atom stereocenters. The topological polar surface area (TPSA) is 66.6 Å². The molecular weight excluding hydrogens is 220 g/mol. The Morgan fingerprint density at radius 3 is 2.65 bits per heavy atom. The Bertz CT molecular complexity index is 391. The van der Waals surface area contributed by atoms with E-state index < -0.39 is 0 Å². The number of nitrogens with zero attached hydrogens (tertiary/aromatic N) is 2. The quantitative estimate of drug-likeness (QED) is 0.630.